The van der Waals surface area contributed by atoms with E-state index in [-0.39, 0.29) is 11.7 Å². The Morgan fingerprint density at radius 1 is 1.10 bits per heavy atom. The molecule has 2 heterocycles. The fourth-order valence-electron chi connectivity index (χ4n) is 4.51. The quantitative estimate of drug-likeness (QED) is 0.820. The molecular formula is C24H31N3O2. The summed E-state index contributed by atoms with van der Waals surface area (Å²) in [6.45, 7) is 6.56. The molecule has 1 fully saturated rings. The Bertz CT molecular complexity index is 868. The van der Waals surface area contributed by atoms with Crippen LogP contribution in [0.5, 0.6) is 11.5 Å². The molecule has 0 amide bonds. The number of phenolic OH excluding ortho intramolecular Hbond substituents is 1. The first-order valence-electron chi connectivity index (χ1n) is 10.5. The minimum Gasteiger partial charge on any atom is -0.508 e. The molecule has 5 nitrogen and oxygen atoms in total. The van der Waals surface area contributed by atoms with E-state index >= 15 is 0 Å². The lowest BCUT2D eigenvalue weighted by Gasteiger charge is -2.46. The number of aliphatic imine (C=N–C) groups is 1. The molecule has 0 radical (unpaired) electrons. The first-order valence-corrected chi connectivity index (χ1v) is 10.5. The van der Waals surface area contributed by atoms with Gasteiger partial charge in [-0.3, -0.25) is 10.3 Å². The van der Waals surface area contributed by atoms with Crippen molar-refractivity contribution in [1.82, 2.24) is 10.2 Å². The predicted molar refractivity (Wildman–Crippen MR) is 117 cm³/mol. The summed E-state index contributed by atoms with van der Waals surface area (Å²) in [5, 5.41) is 14.3. The summed E-state index contributed by atoms with van der Waals surface area (Å²) in [4.78, 5) is 7.77. The van der Waals surface area contributed by atoms with Gasteiger partial charge >= 0.3 is 0 Å². The zero-order chi connectivity index (χ0) is 20.4. The lowest BCUT2D eigenvalue weighted by atomic mass is 9.87. The van der Waals surface area contributed by atoms with E-state index in [0.29, 0.717) is 11.8 Å². The number of ether oxygens (including phenoxy) is 1. The first-order chi connectivity index (χ1) is 14.0. The number of aromatic hydroxyl groups is 1. The summed E-state index contributed by atoms with van der Waals surface area (Å²) in [6, 6.07) is 16.4. The largest absolute Gasteiger partial charge is 0.508 e. The van der Waals surface area contributed by atoms with Gasteiger partial charge < -0.3 is 14.7 Å². The minimum absolute atomic E-state index is 0.0383. The van der Waals surface area contributed by atoms with Gasteiger partial charge in [-0.25, -0.2) is 0 Å². The van der Waals surface area contributed by atoms with Gasteiger partial charge in [-0.2, -0.15) is 0 Å². The molecule has 1 spiro atoms. The monoisotopic (exact) mass is 393 g/mol. The van der Waals surface area contributed by atoms with Crippen molar-refractivity contribution < 1.29 is 9.84 Å². The van der Waals surface area contributed by atoms with Crippen LogP contribution in [-0.2, 0) is 0 Å². The molecule has 2 aromatic carbocycles. The summed E-state index contributed by atoms with van der Waals surface area (Å²) < 4.78 is 5.32. The second-order valence-electron chi connectivity index (χ2n) is 8.41. The van der Waals surface area contributed by atoms with Gasteiger partial charge in [0.15, 0.2) is 0 Å². The molecule has 2 aliphatic heterocycles. The topological polar surface area (TPSA) is 57.1 Å². The summed E-state index contributed by atoms with van der Waals surface area (Å²) in [5.74, 6) is 1.19. The van der Waals surface area contributed by atoms with E-state index in [2.05, 4.69) is 36.2 Å². The highest BCUT2D eigenvalue weighted by atomic mass is 16.5. The highest BCUT2D eigenvalue weighted by Gasteiger charge is 2.40. The van der Waals surface area contributed by atoms with Crippen LogP contribution in [0.1, 0.15) is 50.3 Å². The van der Waals surface area contributed by atoms with Crippen LogP contribution in [0.2, 0.25) is 0 Å². The van der Waals surface area contributed by atoms with Crippen LogP contribution in [0.4, 0.5) is 0 Å². The number of hydrogen-bond donors (Lipinski definition) is 2. The molecule has 4 rings (SSSR count). The van der Waals surface area contributed by atoms with Crippen LogP contribution in [0, 0.1) is 0 Å². The second-order valence-corrected chi connectivity index (χ2v) is 8.41. The van der Waals surface area contributed by atoms with E-state index in [1.165, 1.54) is 0 Å². The number of para-hydroxylation sites is 1. The predicted octanol–water partition coefficient (Wildman–Crippen LogP) is 4.13. The number of phenols is 1. The van der Waals surface area contributed by atoms with Gasteiger partial charge in [0.05, 0.1) is 7.11 Å². The molecular weight excluding hydrogens is 362 g/mol. The Labute approximate surface area is 173 Å². The number of nitrogens with one attached hydrogen (secondary N) is 1. The highest BCUT2D eigenvalue weighted by molar-refractivity contribution is 6.01. The molecule has 2 aromatic rings. The van der Waals surface area contributed by atoms with Crippen molar-refractivity contribution in [2.45, 2.75) is 50.9 Å². The first kappa shape index (κ1) is 19.9. The summed E-state index contributed by atoms with van der Waals surface area (Å²) in [6.07, 6.45) is 2.68. The lowest BCUT2D eigenvalue weighted by Crippen LogP contribution is -2.56. The lowest BCUT2D eigenvalue weighted by molar-refractivity contribution is 0.103. The van der Waals surface area contributed by atoms with Crippen LogP contribution in [0.3, 0.4) is 0 Å². The van der Waals surface area contributed by atoms with Gasteiger partial charge in [-0.05, 0) is 62.6 Å². The number of nitrogens with zero attached hydrogens (tertiary/aromatic N) is 2. The highest BCUT2D eigenvalue weighted by Crippen LogP contribution is 2.37. The van der Waals surface area contributed by atoms with E-state index in [1.54, 1.807) is 13.2 Å². The fraction of sp³-hybridized carbons (Fsp3) is 0.458. The third kappa shape index (κ3) is 4.16. The molecule has 5 heteroatoms. The van der Waals surface area contributed by atoms with E-state index in [1.807, 2.05) is 30.3 Å². The van der Waals surface area contributed by atoms with Crippen LogP contribution in [0.15, 0.2) is 53.5 Å². The molecule has 154 valence electrons. The zero-order valence-electron chi connectivity index (χ0n) is 17.6. The van der Waals surface area contributed by atoms with Crippen LogP contribution in [0.25, 0.3) is 0 Å². The maximum Gasteiger partial charge on any atom is 0.120 e. The number of hydrogen-bond acceptors (Lipinski definition) is 5. The average Bonchev–Trinajstić information content (AvgIpc) is 2.74. The number of piperidine rings is 1. The Hall–Kier alpha value is -2.37. The molecule has 2 N–H and O–H groups in total. The summed E-state index contributed by atoms with van der Waals surface area (Å²) >= 11 is 0. The van der Waals surface area contributed by atoms with E-state index in [4.69, 9.17) is 9.73 Å². The molecule has 0 aromatic heterocycles. The van der Waals surface area contributed by atoms with Crippen molar-refractivity contribution in [3.63, 3.8) is 0 Å². The van der Waals surface area contributed by atoms with E-state index < -0.39 is 0 Å². The number of methoxy groups -OCH3 is 1. The van der Waals surface area contributed by atoms with Crippen molar-refractivity contribution in [2.24, 2.45) is 4.99 Å². The summed E-state index contributed by atoms with van der Waals surface area (Å²) in [5.41, 5.74) is 2.88. The average molecular weight is 394 g/mol. The molecule has 29 heavy (non-hydrogen) atoms. The summed E-state index contributed by atoms with van der Waals surface area (Å²) in [7, 11) is 1.68. The molecule has 1 unspecified atom stereocenters. The Morgan fingerprint density at radius 2 is 1.79 bits per heavy atom. The number of likely N-dealkylation sites (tertiary alicyclic amines) is 1. The number of benzene rings is 2. The van der Waals surface area contributed by atoms with Gasteiger partial charge in [-0.1, -0.05) is 18.2 Å². The number of rotatable bonds is 4. The van der Waals surface area contributed by atoms with Gasteiger partial charge in [0.1, 0.15) is 17.2 Å². The zero-order valence-corrected chi connectivity index (χ0v) is 17.6. The third-order valence-corrected chi connectivity index (χ3v) is 6.28. The van der Waals surface area contributed by atoms with Gasteiger partial charge in [0, 0.05) is 42.9 Å². The maximum atomic E-state index is 10.5. The molecule has 0 aliphatic carbocycles. The van der Waals surface area contributed by atoms with Crippen molar-refractivity contribution in [3.05, 3.63) is 59.7 Å². The van der Waals surface area contributed by atoms with Gasteiger partial charge in [0.25, 0.3) is 0 Å². The van der Waals surface area contributed by atoms with Gasteiger partial charge in [0.2, 0.25) is 0 Å². The molecule has 2 aliphatic rings. The van der Waals surface area contributed by atoms with Gasteiger partial charge in [-0.15, -0.1) is 0 Å². The molecule has 1 atom stereocenters. The van der Waals surface area contributed by atoms with Crippen molar-refractivity contribution in [1.29, 1.82) is 0 Å². The standard InChI is InChI=1S/C24H31N3O2/c1-17(2)27-14-12-24(13-15-27)25-21(18-8-10-19(29-3)11-9-18)16-22(26-24)20-6-4-5-7-23(20)28/h4-11,17,22,26,28H,12-16H2,1-3H3. The van der Waals surface area contributed by atoms with E-state index in [0.717, 1.165) is 54.9 Å². The molecule has 1 saturated heterocycles. The molecule has 0 saturated carbocycles. The van der Waals surface area contributed by atoms with Crippen molar-refractivity contribution in [3.8, 4) is 11.5 Å². The van der Waals surface area contributed by atoms with Crippen LogP contribution >= 0.6 is 0 Å². The Balaban J connectivity index is 1.68. The van der Waals surface area contributed by atoms with Crippen LogP contribution < -0.4 is 10.1 Å². The smallest absolute Gasteiger partial charge is 0.120 e. The fourth-order valence-corrected chi connectivity index (χ4v) is 4.51. The maximum absolute atomic E-state index is 10.5. The second kappa shape index (κ2) is 8.17. The third-order valence-electron chi connectivity index (χ3n) is 6.28. The van der Waals surface area contributed by atoms with Crippen molar-refractivity contribution in [2.75, 3.05) is 20.2 Å². The normalized spacial score (nSPS) is 21.9. The van der Waals surface area contributed by atoms with Crippen LogP contribution in [-0.4, -0.2) is 47.6 Å². The SMILES string of the molecule is COc1ccc(C2=NC3(CCN(C(C)C)CC3)NC(c3ccccc3O)C2)cc1. The Kier molecular flexibility index (Phi) is 5.61. The molecule has 0 bridgehead atoms. The van der Waals surface area contributed by atoms with Crippen molar-refractivity contribution >= 4 is 5.71 Å². The minimum atomic E-state index is -0.286. The Morgan fingerprint density at radius 3 is 2.41 bits per heavy atom. The van der Waals surface area contributed by atoms with E-state index in [9.17, 15) is 5.11 Å².